The van der Waals surface area contributed by atoms with E-state index in [0.717, 1.165) is 26.1 Å². The minimum atomic E-state index is -1.17. The Morgan fingerprint density at radius 2 is 1.54 bits per heavy atom. The van der Waals surface area contributed by atoms with Crippen LogP contribution in [0.5, 0.6) is 0 Å². The summed E-state index contributed by atoms with van der Waals surface area (Å²) in [6.45, 7) is 0. The molecule has 3 heterocycles. The van der Waals surface area contributed by atoms with E-state index in [4.69, 9.17) is 28.2 Å². The first-order valence-corrected chi connectivity index (χ1v) is 16.5. The van der Waals surface area contributed by atoms with Crippen LogP contribution in [0.4, 0.5) is 5.69 Å². The maximum absolute atomic E-state index is 14.5. The predicted octanol–water partition coefficient (Wildman–Crippen LogP) is 8.58. The zero-order valence-electron chi connectivity index (χ0n) is 21.4. The second-order valence-electron chi connectivity index (χ2n) is 10.1. The fourth-order valence-corrected chi connectivity index (χ4v) is 9.91. The Hall–Kier alpha value is -2.68. The van der Waals surface area contributed by atoms with E-state index in [1.54, 1.807) is 47.8 Å². The molecule has 9 heteroatoms. The lowest BCUT2D eigenvalue weighted by Crippen LogP contribution is -2.45. The number of hydrogen-bond donors (Lipinski definition) is 0. The van der Waals surface area contributed by atoms with Crippen molar-refractivity contribution in [1.82, 2.24) is 0 Å². The summed E-state index contributed by atoms with van der Waals surface area (Å²) in [5.74, 6) is 0.110. The molecule has 204 valence electrons. The number of anilines is 1. The van der Waals surface area contributed by atoms with Gasteiger partial charge >= 0.3 is 0 Å². The van der Waals surface area contributed by atoms with Gasteiger partial charge in [-0.15, -0.1) is 0 Å². The first kappa shape index (κ1) is 27.2. The topological polar surface area (TPSA) is 49.7 Å². The van der Waals surface area contributed by atoms with Gasteiger partial charge in [-0.1, -0.05) is 101 Å². The predicted molar refractivity (Wildman–Crippen MR) is 173 cm³/mol. The second kappa shape index (κ2) is 10.9. The van der Waals surface area contributed by atoms with Gasteiger partial charge in [0.05, 0.1) is 5.69 Å². The van der Waals surface area contributed by atoms with Gasteiger partial charge in [-0.3, -0.25) is 14.6 Å². The Bertz CT molecular complexity index is 1680. The summed E-state index contributed by atoms with van der Waals surface area (Å²) in [4.78, 5) is 37.3. The highest BCUT2D eigenvalue weighted by molar-refractivity contribution is 8.45. The lowest BCUT2D eigenvalue weighted by Gasteiger charge is -2.30. The van der Waals surface area contributed by atoms with Crippen LogP contribution in [0.3, 0.4) is 0 Å². The lowest BCUT2D eigenvalue weighted by atomic mass is 9.77. The van der Waals surface area contributed by atoms with Crippen molar-refractivity contribution in [2.24, 2.45) is 4.99 Å². The molecule has 7 rings (SSSR count). The van der Waals surface area contributed by atoms with E-state index in [9.17, 15) is 9.59 Å². The number of aliphatic imine (C=N–C) groups is 1. The van der Waals surface area contributed by atoms with Gasteiger partial charge in [-0.05, 0) is 71.4 Å². The molecule has 0 aliphatic carbocycles. The van der Waals surface area contributed by atoms with Crippen molar-refractivity contribution < 1.29 is 9.59 Å². The third-order valence-electron chi connectivity index (χ3n) is 7.72. The van der Waals surface area contributed by atoms with Crippen LogP contribution < -0.4 is 4.90 Å². The first-order chi connectivity index (χ1) is 20.0. The minimum absolute atomic E-state index is 0.0327. The van der Waals surface area contributed by atoms with Crippen LogP contribution in [-0.4, -0.2) is 32.2 Å². The summed E-state index contributed by atoms with van der Waals surface area (Å²) in [6.07, 6.45) is 0. The molecule has 0 saturated carbocycles. The molecule has 4 atom stereocenters. The van der Waals surface area contributed by atoms with Crippen LogP contribution in [0, 0.1) is 0 Å². The molecule has 41 heavy (non-hydrogen) atoms. The summed E-state index contributed by atoms with van der Waals surface area (Å²) in [6, 6.07) is 32.0. The van der Waals surface area contributed by atoms with Crippen LogP contribution in [-0.2, 0) is 10.5 Å². The van der Waals surface area contributed by atoms with E-state index < -0.39 is 17.5 Å². The summed E-state index contributed by atoms with van der Waals surface area (Å²) < 4.78 is 0.730. The van der Waals surface area contributed by atoms with E-state index in [-0.39, 0.29) is 16.3 Å². The Morgan fingerprint density at radius 3 is 2.27 bits per heavy atom. The van der Waals surface area contributed by atoms with Crippen molar-refractivity contribution in [3.63, 3.8) is 0 Å². The van der Waals surface area contributed by atoms with E-state index in [2.05, 4.69) is 23.1 Å². The number of fused-ring (bicyclic) bond motifs is 4. The average Bonchev–Trinajstić information content (AvgIpc) is 3.62. The number of nitrogens with zero attached hydrogens (tertiary/aromatic N) is 2. The molecule has 0 aromatic heterocycles. The van der Waals surface area contributed by atoms with Gasteiger partial charge < -0.3 is 4.90 Å². The van der Waals surface area contributed by atoms with Crippen molar-refractivity contribution >= 4 is 79.4 Å². The van der Waals surface area contributed by atoms with Crippen LogP contribution >= 0.6 is 58.5 Å². The number of benzene rings is 4. The van der Waals surface area contributed by atoms with Gasteiger partial charge in [0.2, 0.25) is 5.12 Å². The van der Waals surface area contributed by atoms with Gasteiger partial charge in [0, 0.05) is 32.2 Å². The zero-order valence-corrected chi connectivity index (χ0v) is 25.4. The highest BCUT2D eigenvalue weighted by Crippen LogP contribution is 2.63. The Morgan fingerprint density at radius 1 is 0.878 bits per heavy atom. The van der Waals surface area contributed by atoms with Crippen molar-refractivity contribution in [3.8, 4) is 0 Å². The molecule has 1 spiro atoms. The molecule has 0 N–H and O–H groups in total. The number of Topliss-reactive ketones (excluding diaryl/α,β-unsaturated/α-hetero) is 1. The molecular weight excluding hydrogens is 611 g/mol. The molecule has 0 radical (unpaired) electrons. The van der Waals surface area contributed by atoms with Gasteiger partial charge in [0.25, 0.3) is 0 Å². The number of thioether (sulfide) groups is 3. The van der Waals surface area contributed by atoms with Gasteiger partial charge in [0.1, 0.15) is 15.8 Å². The number of carbonyl (C=O) groups is 2. The number of para-hydroxylation sites is 1. The largest absolute Gasteiger partial charge is 0.344 e. The van der Waals surface area contributed by atoms with Crippen LogP contribution in [0.2, 0.25) is 10.0 Å². The third kappa shape index (κ3) is 4.63. The quantitative estimate of drug-likeness (QED) is 0.205. The highest BCUT2D eigenvalue weighted by Gasteiger charge is 2.70. The number of hydrogen-bond acceptors (Lipinski definition) is 7. The summed E-state index contributed by atoms with van der Waals surface area (Å²) in [5.41, 5.74) is 2.35. The van der Waals surface area contributed by atoms with Crippen LogP contribution in [0.1, 0.15) is 27.4 Å². The minimum Gasteiger partial charge on any atom is -0.344 e. The van der Waals surface area contributed by atoms with Crippen molar-refractivity contribution in [2.75, 3.05) is 4.90 Å². The highest BCUT2D eigenvalue weighted by atomic mass is 35.5. The van der Waals surface area contributed by atoms with Gasteiger partial charge in [-0.2, -0.15) is 0 Å². The van der Waals surface area contributed by atoms with Crippen LogP contribution in [0.25, 0.3) is 0 Å². The molecule has 4 nitrogen and oxygen atoms in total. The number of ketones is 1. The van der Waals surface area contributed by atoms with Crippen LogP contribution in [0.15, 0.2) is 113 Å². The second-order valence-corrected chi connectivity index (χ2v) is 14.2. The third-order valence-corrected chi connectivity index (χ3v) is 11.8. The molecule has 3 aliphatic rings. The fourth-order valence-electron chi connectivity index (χ4n) is 5.91. The first-order valence-electron chi connectivity index (χ1n) is 13.0. The number of carbonyl (C=O) groups excluding carboxylic acids is 2. The molecule has 3 aliphatic heterocycles. The Labute approximate surface area is 260 Å². The average molecular weight is 634 g/mol. The van der Waals surface area contributed by atoms with Gasteiger partial charge in [0.15, 0.2) is 11.3 Å². The molecule has 4 aromatic rings. The van der Waals surface area contributed by atoms with E-state index in [0.29, 0.717) is 21.4 Å². The smallest absolute Gasteiger partial charge is 0.227 e. The van der Waals surface area contributed by atoms with Crippen molar-refractivity contribution in [1.29, 1.82) is 0 Å². The van der Waals surface area contributed by atoms with E-state index in [1.807, 2.05) is 60.7 Å². The van der Waals surface area contributed by atoms with Crippen molar-refractivity contribution in [3.05, 3.63) is 130 Å². The molecule has 0 bridgehead atoms. The summed E-state index contributed by atoms with van der Waals surface area (Å²) in [5, 5.41) is 0.744. The number of halogens is 2. The number of rotatable bonds is 5. The Kier molecular flexibility index (Phi) is 7.20. The van der Waals surface area contributed by atoms with E-state index in [1.165, 1.54) is 11.8 Å². The SMILES string of the molecule is O=C(c1ccc(Cl)cc1)[C@@H]1[C@@H](c2ccc(Cl)cc2)[C@@]2(N=C(SCc3ccccc3)SC2=O)[C@H]2Sc3ccccc3N12. The maximum Gasteiger partial charge on any atom is 0.227 e. The van der Waals surface area contributed by atoms with Gasteiger partial charge in [-0.25, -0.2) is 0 Å². The molecule has 1 saturated heterocycles. The van der Waals surface area contributed by atoms with E-state index >= 15 is 0 Å². The molecular formula is C32H22Cl2N2O2S3. The van der Waals surface area contributed by atoms with Crippen molar-refractivity contribution in [2.45, 2.75) is 33.5 Å². The zero-order chi connectivity index (χ0) is 28.1. The summed E-state index contributed by atoms with van der Waals surface area (Å²) >= 11 is 16.9. The summed E-state index contributed by atoms with van der Waals surface area (Å²) in [7, 11) is 0. The molecule has 0 unspecified atom stereocenters. The molecule has 0 amide bonds. The monoisotopic (exact) mass is 632 g/mol. The molecule has 1 fully saturated rings. The fraction of sp³-hybridized carbons (Fsp3) is 0.156. The lowest BCUT2D eigenvalue weighted by molar-refractivity contribution is -0.115. The normalized spacial score (nSPS) is 24.4. The molecule has 4 aromatic carbocycles. The standard InChI is InChI=1S/C32H22Cl2N2O2S3/c33-22-14-10-20(11-15-22)26-27(28(37)21-12-16-23(34)17-13-21)36-24-8-4-5-9-25(24)40-29(36)32(26)30(38)41-31(35-32)39-18-19-6-2-1-3-7-19/h1-17,26-27,29H,18H2/t26-,27+,29-,32-/m1/s1. The maximum atomic E-state index is 14.5. The Balaban J connectivity index is 1.39.